The molecular formula is C26H26F3N9O8. The van der Waals surface area contributed by atoms with Gasteiger partial charge in [-0.3, -0.25) is 30.0 Å². The first-order valence-corrected chi connectivity index (χ1v) is 12.8. The van der Waals surface area contributed by atoms with Crippen LogP contribution in [0.4, 0.5) is 29.3 Å². The number of methoxy groups -OCH3 is 1. The quantitative estimate of drug-likeness (QED) is 0.0922. The number of aromatic nitrogens is 5. The van der Waals surface area contributed by atoms with Crippen LogP contribution in [0.2, 0.25) is 0 Å². The average Bonchev–Trinajstić information content (AvgIpc) is 3.55. The zero-order valence-corrected chi connectivity index (χ0v) is 24.4. The number of hydrogen-bond acceptors (Lipinski definition) is 12. The number of anilines is 2. The maximum absolute atomic E-state index is 13.7. The van der Waals surface area contributed by atoms with Crippen molar-refractivity contribution in [3.05, 3.63) is 64.9 Å². The van der Waals surface area contributed by atoms with Crippen LogP contribution in [0.3, 0.4) is 0 Å². The van der Waals surface area contributed by atoms with Crippen LogP contribution in [0.25, 0.3) is 5.82 Å². The zero-order chi connectivity index (χ0) is 33.9. The zero-order valence-electron chi connectivity index (χ0n) is 24.4. The predicted molar refractivity (Wildman–Crippen MR) is 150 cm³/mol. The summed E-state index contributed by atoms with van der Waals surface area (Å²) in [5.74, 6) is -4.10. The summed E-state index contributed by atoms with van der Waals surface area (Å²) in [6.07, 6.45) is -4.53. The molecule has 6 N–H and O–H groups in total. The SMILES string of the molecule is CONc1c(C(F)(F)F)nn(Cc2cc(C(=O)Nc3c(O)cc(O)cc3C(=O)NN(C)C(=O)OC)n(-c3ncccc3O)n2)c1C. The number of alkyl halides is 3. The van der Waals surface area contributed by atoms with Gasteiger partial charge in [-0.2, -0.15) is 23.4 Å². The number of hydrogen-bond donors (Lipinski definition) is 6. The Bertz CT molecular complexity index is 1810. The molecule has 0 saturated carbocycles. The van der Waals surface area contributed by atoms with E-state index < -0.39 is 70.5 Å². The number of phenolic OH excluding ortho intramolecular Hbond substituents is 2. The van der Waals surface area contributed by atoms with Crippen molar-refractivity contribution in [3.8, 4) is 23.1 Å². The lowest BCUT2D eigenvalue weighted by atomic mass is 10.1. The number of pyridine rings is 1. The fourth-order valence-electron chi connectivity index (χ4n) is 4.15. The van der Waals surface area contributed by atoms with Crippen molar-refractivity contribution in [2.75, 3.05) is 32.1 Å². The van der Waals surface area contributed by atoms with E-state index in [0.29, 0.717) is 5.01 Å². The molecule has 0 aliphatic rings. The summed E-state index contributed by atoms with van der Waals surface area (Å²) in [7, 11) is 3.34. The highest BCUT2D eigenvalue weighted by molar-refractivity contribution is 6.10. The molecule has 3 aromatic heterocycles. The molecule has 3 amide bonds. The van der Waals surface area contributed by atoms with Gasteiger partial charge in [0.15, 0.2) is 17.3 Å². The van der Waals surface area contributed by atoms with E-state index in [2.05, 4.69) is 41.0 Å². The number of benzene rings is 1. The van der Waals surface area contributed by atoms with Gasteiger partial charge in [0.2, 0.25) is 0 Å². The number of rotatable bonds is 8. The van der Waals surface area contributed by atoms with Gasteiger partial charge >= 0.3 is 12.3 Å². The molecule has 46 heavy (non-hydrogen) atoms. The van der Waals surface area contributed by atoms with Crippen LogP contribution in [0.5, 0.6) is 17.2 Å². The van der Waals surface area contributed by atoms with Gasteiger partial charge in [0.1, 0.15) is 22.9 Å². The third-order valence-corrected chi connectivity index (χ3v) is 6.25. The summed E-state index contributed by atoms with van der Waals surface area (Å²) < 4.78 is 47.3. The number of hydrazine groups is 1. The summed E-state index contributed by atoms with van der Waals surface area (Å²) in [4.78, 5) is 47.0. The molecular weight excluding hydrogens is 623 g/mol. The van der Waals surface area contributed by atoms with Crippen molar-refractivity contribution in [3.63, 3.8) is 0 Å². The highest BCUT2D eigenvalue weighted by Gasteiger charge is 2.39. The molecule has 0 fully saturated rings. The maximum Gasteiger partial charge on any atom is 0.437 e. The van der Waals surface area contributed by atoms with Gasteiger partial charge < -0.3 is 25.4 Å². The second kappa shape index (κ2) is 12.9. The van der Waals surface area contributed by atoms with Gasteiger partial charge in [0.05, 0.1) is 43.4 Å². The second-order valence-corrected chi connectivity index (χ2v) is 9.36. The molecule has 0 spiro atoms. The summed E-state index contributed by atoms with van der Waals surface area (Å²) >= 11 is 0. The average molecular weight is 650 g/mol. The van der Waals surface area contributed by atoms with Crippen molar-refractivity contribution < 1.29 is 52.4 Å². The molecule has 4 rings (SSSR count). The Balaban J connectivity index is 1.77. The van der Waals surface area contributed by atoms with Crippen molar-refractivity contribution in [1.29, 1.82) is 0 Å². The lowest BCUT2D eigenvalue weighted by Crippen LogP contribution is -2.43. The van der Waals surface area contributed by atoms with Gasteiger partial charge in [-0.25, -0.2) is 19.5 Å². The van der Waals surface area contributed by atoms with Crippen LogP contribution < -0.4 is 16.2 Å². The molecule has 0 aliphatic heterocycles. The minimum atomic E-state index is -4.84. The Labute approximate surface area is 256 Å². The first-order chi connectivity index (χ1) is 21.7. The normalized spacial score (nSPS) is 11.2. The number of halogens is 3. The summed E-state index contributed by atoms with van der Waals surface area (Å²) in [6, 6.07) is 5.52. The van der Waals surface area contributed by atoms with Crippen molar-refractivity contribution in [2.45, 2.75) is 19.6 Å². The van der Waals surface area contributed by atoms with E-state index >= 15 is 0 Å². The van der Waals surface area contributed by atoms with Crippen molar-refractivity contribution in [1.82, 2.24) is 35.0 Å². The molecule has 1 aromatic carbocycles. The number of carbonyl (C=O) groups excluding carboxylic acids is 3. The highest BCUT2D eigenvalue weighted by atomic mass is 19.4. The molecule has 20 heteroatoms. The van der Waals surface area contributed by atoms with E-state index in [-0.39, 0.29) is 22.9 Å². The number of nitrogens with one attached hydrogen (secondary N) is 3. The van der Waals surface area contributed by atoms with Crippen LogP contribution in [0.1, 0.15) is 37.9 Å². The monoisotopic (exact) mass is 649 g/mol. The van der Waals surface area contributed by atoms with Gasteiger partial charge in [-0.1, -0.05) is 0 Å². The number of nitrogens with zero attached hydrogens (tertiary/aromatic N) is 6. The van der Waals surface area contributed by atoms with Gasteiger partial charge in [-0.05, 0) is 31.2 Å². The molecule has 0 saturated heterocycles. The molecule has 0 unspecified atom stereocenters. The van der Waals surface area contributed by atoms with Gasteiger partial charge in [-0.15, -0.1) is 0 Å². The minimum absolute atomic E-state index is 0.0111. The molecule has 0 bridgehead atoms. The van der Waals surface area contributed by atoms with E-state index in [1.54, 1.807) is 0 Å². The number of ether oxygens (including phenoxy) is 1. The topological polar surface area (TPSA) is 218 Å². The number of aromatic hydroxyl groups is 3. The lowest BCUT2D eigenvalue weighted by Gasteiger charge is -2.18. The van der Waals surface area contributed by atoms with Crippen LogP contribution in [0, 0.1) is 6.92 Å². The first-order valence-electron chi connectivity index (χ1n) is 12.8. The predicted octanol–water partition coefficient (Wildman–Crippen LogP) is 2.52. The Kier molecular flexibility index (Phi) is 9.21. The third kappa shape index (κ3) is 6.70. The van der Waals surface area contributed by atoms with Gasteiger partial charge in [0.25, 0.3) is 11.8 Å². The highest BCUT2D eigenvalue weighted by Crippen LogP contribution is 2.36. The number of phenols is 2. The van der Waals surface area contributed by atoms with E-state index in [4.69, 9.17) is 0 Å². The van der Waals surface area contributed by atoms with Crippen molar-refractivity contribution in [2.24, 2.45) is 0 Å². The maximum atomic E-state index is 13.7. The van der Waals surface area contributed by atoms with E-state index in [1.165, 1.54) is 25.3 Å². The number of amides is 3. The Morgan fingerprint density at radius 2 is 1.74 bits per heavy atom. The smallest absolute Gasteiger partial charge is 0.437 e. The summed E-state index contributed by atoms with van der Waals surface area (Å²) in [6.45, 7) is 0.940. The molecule has 3 heterocycles. The Morgan fingerprint density at radius 1 is 1.02 bits per heavy atom. The van der Waals surface area contributed by atoms with E-state index in [1.807, 2.05) is 0 Å². The van der Waals surface area contributed by atoms with Crippen LogP contribution >= 0.6 is 0 Å². The first kappa shape index (κ1) is 32.9. The lowest BCUT2D eigenvalue weighted by molar-refractivity contribution is -0.141. The van der Waals surface area contributed by atoms with Crippen LogP contribution in [-0.2, 0) is 22.3 Å². The molecule has 0 aliphatic carbocycles. The van der Waals surface area contributed by atoms with E-state index in [9.17, 15) is 42.9 Å². The number of carbonyl (C=O) groups is 3. The molecule has 244 valence electrons. The van der Waals surface area contributed by atoms with Crippen LogP contribution in [-0.4, -0.2) is 84.0 Å². The molecule has 17 nitrogen and oxygen atoms in total. The fourth-order valence-corrected chi connectivity index (χ4v) is 4.15. The van der Waals surface area contributed by atoms with E-state index in [0.717, 1.165) is 48.8 Å². The minimum Gasteiger partial charge on any atom is -0.508 e. The van der Waals surface area contributed by atoms with Gasteiger partial charge in [0, 0.05) is 19.3 Å². The van der Waals surface area contributed by atoms with Crippen molar-refractivity contribution >= 4 is 29.3 Å². The molecule has 0 radical (unpaired) electrons. The molecule has 0 atom stereocenters. The second-order valence-electron chi connectivity index (χ2n) is 9.36. The Hall–Kier alpha value is -6.05. The Morgan fingerprint density at radius 3 is 2.37 bits per heavy atom. The molecule has 4 aromatic rings. The largest absolute Gasteiger partial charge is 0.508 e. The standard InChI is InChI=1S/C26H26F3N9O8/c1-12-19(35-46-4)21(26(27,28)29)33-37(12)11-13-8-16(38(32-13)22-17(40)6-5-7-30-22)24(43)31-20-15(9-14(39)10-18(20)41)23(42)34-36(2)25(44)45-3/h5-10,35,39-41H,11H2,1-4H3,(H,31,43)(H,34,42). The summed E-state index contributed by atoms with van der Waals surface area (Å²) in [5, 5.41) is 41.9. The summed E-state index contributed by atoms with van der Waals surface area (Å²) in [5.41, 5.74) is 1.23. The van der Waals surface area contributed by atoms with Crippen LogP contribution in [0.15, 0.2) is 36.5 Å². The third-order valence-electron chi connectivity index (χ3n) is 6.25. The fraction of sp³-hybridized carbons (Fsp3) is 0.231.